The molecule has 9 nitrogen and oxygen atoms in total. The second kappa shape index (κ2) is 9.81. The number of amides is 1. The highest BCUT2D eigenvalue weighted by atomic mass is 32.2. The summed E-state index contributed by atoms with van der Waals surface area (Å²) in [7, 11) is -3.81. The van der Waals surface area contributed by atoms with Crippen LogP contribution < -0.4 is 5.32 Å². The third-order valence-corrected chi connectivity index (χ3v) is 8.70. The molecule has 0 spiro atoms. The van der Waals surface area contributed by atoms with Gasteiger partial charge >= 0.3 is 0 Å². The first-order valence-electron chi connectivity index (χ1n) is 11.8. The van der Waals surface area contributed by atoms with Crippen molar-refractivity contribution >= 4 is 27.0 Å². The fourth-order valence-corrected chi connectivity index (χ4v) is 6.56. The van der Waals surface area contributed by atoms with Crippen LogP contribution in [0.25, 0.3) is 11.0 Å². The molecule has 0 saturated carbocycles. The summed E-state index contributed by atoms with van der Waals surface area (Å²) in [4.78, 5) is 15.5. The number of aromatic nitrogens is 2. The molecule has 0 radical (unpaired) electrons. The SMILES string of the molecule is O=C(NC1CCN(Cc2ccccc2)CC1)[C@@H]1CCCN(S(=O)(=O)c2cccc3nonc23)C1. The van der Waals surface area contributed by atoms with Gasteiger partial charge in [-0.15, -0.1) is 0 Å². The van der Waals surface area contributed by atoms with Gasteiger partial charge in [0.05, 0.1) is 5.92 Å². The number of likely N-dealkylation sites (tertiary alicyclic amines) is 1. The molecule has 2 fully saturated rings. The minimum absolute atomic E-state index is 0.0530. The van der Waals surface area contributed by atoms with Crippen LogP contribution in [0.4, 0.5) is 0 Å². The Bertz CT molecular complexity index is 1240. The van der Waals surface area contributed by atoms with Crippen molar-refractivity contribution in [3.8, 4) is 0 Å². The number of piperidine rings is 2. The number of nitrogens with one attached hydrogen (secondary N) is 1. The molecule has 3 aromatic rings. The Kier molecular flexibility index (Phi) is 6.62. The van der Waals surface area contributed by atoms with Crippen molar-refractivity contribution in [3.63, 3.8) is 0 Å². The largest absolute Gasteiger partial charge is 0.353 e. The lowest BCUT2D eigenvalue weighted by Gasteiger charge is -2.35. The van der Waals surface area contributed by atoms with Crippen molar-refractivity contribution in [2.24, 2.45) is 5.92 Å². The monoisotopic (exact) mass is 483 g/mol. The number of sulfonamides is 1. The summed E-state index contributed by atoms with van der Waals surface area (Å²) in [6, 6.07) is 15.3. The van der Waals surface area contributed by atoms with Gasteiger partial charge in [0, 0.05) is 38.8 Å². The summed E-state index contributed by atoms with van der Waals surface area (Å²) in [5.74, 6) is -0.414. The van der Waals surface area contributed by atoms with Crippen LogP contribution in [0.15, 0.2) is 58.1 Å². The quantitative estimate of drug-likeness (QED) is 0.573. The molecule has 1 amide bonds. The lowest BCUT2D eigenvalue weighted by atomic mass is 9.97. The van der Waals surface area contributed by atoms with Gasteiger partial charge in [-0.05, 0) is 53.7 Å². The zero-order valence-corrected chi connectivity index (χ0v) is 19.8. The van der Waals surface area contributed by atoms with Gasteiger partial charge in [0.1, 0.15) is 10.4 Å². The van der Waals surface area contributed by atoms with E-state index in [2.05, 4.69) is 44.8 Å². The first-order valence-corrected chi connectivity index (χ1v) is 13.2. The van der Waals surface area contributed by atoms with Crippen molar-refractivity contribution in [2.45, 2.75) is 43.2 Å². The number of benzene rings is 2. The number of carbonyl (C=O) groups excluding carboxylic acids is 1. The van der Waals surface area contributed by atoms with E-state index in [4.69, 9.17) is 4.63 Å². The molecule has 2 aromatic carbocycles. The molecule has 2 aliphatic heterocycles. The van der Waals surface area contributed by atoms with Crippen LogP contribution >= 0.6 is 0 Å². The maximum absolute atomic E-state index is 13.3. The van der Waals surface area contributed by atoms with Crippen molar-refractivity contribution in [1.82, 2.24) is 24.8 Å². The number of hydrogen-bond donors (Lipinski definition) is 1. The summed E-state index contributed by atoms with van der Waals surface area (Å²) >= 11 is 0. The van der Waals surface area contributed by atoms with Crippen LogP contribution in [0.2, 0.25) is 0 Å². The van der Waals surface area contributed by atoms with Crippen LogP contribution in [-0.2, 0) is 21.4 Å². The molecule has 1 atom stereocenters. The highest BCUT2D eigenvalue weighted by molar-refractivity contribution is 7.89. The van der Waals surface area contributed by atoms with Gasteiger partial charge in [-0.3, -0.25) is 9.69 Å². The maximum Gasteiger partial charge on any atom is 0.245 e. The third kappa shape index (κ3) is 4.84. The molecule has 0 aliphatic carbocycles. The Morgan fingerprint density at radius 1 is 1.00 bits per heavy atom. The summed E-state index contributed by atoms with van der Waals surface area (Å²) < 4.78 is 32.8. The van der Waals surface area contributed by atoms with Crippen LogP contribution in [-0.4, -0.2) is 66.1 Å². The van der Waals surface area contributed by atoms with E-state index in [0.717, 1.165) is 32.5 Å². The van der Waals surface area contributed by atoms with E-state index >= 15 is 0 Å². The number of fused-ring (bicyclic) bond motifs is 1. The van der Waals surface area contributed by atoms with Gasteiger partial charge in [-0.1, -0.05) is 36.4 Å². The summed E-state index contributed by atoms with van der Waals surface area (Å²) in [6.07, 6.45) is 3.11. The van der Waals surface area contributed by atoms with Gasteiger partial charge in [-0.25, -0.2) is 13.0 Å². The first-order chi connectivity index (χ1) is 16.5. The molecule has 1 N–H and O–H groups in total. The van der Waals surface area contributed by atoms with E-state index in [1.165, 1.54) is 15.9 Å². The second-order valence-electron chi connectivity index (χ2n) is 9.13. The summed E-state index contributed by atoms with van der Waals surface area (Å²) in [5.41, 5.74) is 1.91. The Morgan fingerprint density at radius 2 is 1.79 bits per heavy atom. The molecule has 34 heavy (non-hydrogen) atoms. The van der Waals surface area contributed by atoms with Crippen LogP contribution in [0, 0.1) is 5.92 Å². The average Bonchev–Trinajstić information content (AvgIpc) is 3.35. The fraction of sp³-hybridized carbons (Fsp3) is 0.458. The number of nitrogens with zero attached hydrogens (tertiary/aromatic N) is 4. The third-order valence-electron chi connectivity index (χ3n) is 6.80. The van der Waals surface area contributed by atoms with Gasteiger partial charge < -0.3 is 5.32 Å². The molecular weight excluding hydrogens is 454 g/mol. The summed E-state index contributed by atoms with van der Waals surface area (Å²) in [6.45, 7) is 3.33. The normalized spacial score (nSPS) is 21.0. The van der Waals surface area contributed by atoms with Crippen molar-refractivity contribution in [1.29, 1.82) is 0 Å². The molecule has 0 bridgehead atoms. The van der Waals surface area contributed by atoms with Crippen molar-refractivity contribution in [2.75, 3.05) is 26.2 Å². The highest BCUT2D eigenvalue weighted by Gasteiger charge is 2.35. The lowest BCUT2D eigenvalue weighted by Crippen LogP contribution is -2.50. The van der Waals surface area contributed by atoms with Crippen LogP contribution in [0.3, 0.4) is 0 Å². The van der Waals surface area contributed by atoms with Crippen LogP contribution in [0.1, 0.15) is 31.2 Å². The molecule has 5 rings (SSSR count). The minimum Gasteiger partial charge on any atom is -0.353 e. The topological polar surface area (TPSA) is 109 Å². The molecule has 10 heteroatoms. The molecule has 2 aliphatic rings. The van der Waals surface area contributed by atoms with E-state index in [0.29, 0.717) is 24.9 Å². The Labute approximate surface area is 199 Å². The minimum atomic E-state index is -3.81. The number of hydrogen-bond acceptors (Lipinski definition) is 7. The lowest BCUT2D eigenvalue weighted by molar-refractivity contribution is -0.127. The number of rotatable bonds is 6. The second-order valence-corrected chi connectivity index (χ2v) is 11.0. The smallest absolute Gasteiger partial charge is 0.245 e. The Hall–Kier alpha value is -2.82. The van der Waals surface area contributed by atoms with E-state index in [-0.39, 0.29) is 34.8 Å². The van der Waals surface area contributed by atoms with Gasteiger partial charge in [0.25, 0.3) is 0 Å². The van der Waals surface area contributed by atoms with E-state index in [9.17, 15) is 13.2 Å². The molecule has 180 valence electrons. The van der Waals surface area contributed by atoms with Crippen molar-refractivity contribution < 1.29 is 17.8 Å². The predicted octanol–water partition coefficient (Wildman–Crippen LogP) is 2.40. The van der Waals surface area contributed by atoms with E-state index in [1.54, 1.807) is 12.1 Å². The summed E-state index contributed by atoms with van der Waals surface area (Å²) in [5, 5.41) is 10.7. The molecule has 1 aromatic heterocycles. The van der Waals surface area contributed by atoms with Gasteiger partial charge in [0.15, 0.2) is 5.52 Å². The standard InChI is InChI=1S/C24H29N5O4S/c30-24(25-20-11-14-28(15-12-20)16-18-6-2-1-3-7-18)19-8-5-13-29(17-19)34(31,32)22-10-4-9-21-23(22)27-33-26-21/h1-4,6-7,9-10,19-20H,5,8,11-17H2,(H,25,30)/t19-/m1/s1. The molecule has 3 heterocycles. The first kappa shape index (κ1) is 22.9. The molecule has 0 unspecified atom stereocenters. The van der Waals surface area contributed by atoms with Crippen molar-refractivity contribution in [3.05, 3.63) is 54.1 Å². The fourth-order valence-electron chi connectivity index (χ4n) is 4.90. The zero-order chi connectivity index (χ0) is 23.5. The van der Waals surface area contributed by atoms with Gasteiger partial charge in [-0.2, -0.15) is 4.31 Å². The maximum atomic E-state index is 13.3. The molecular formula is C24H29N5O4S. The number of carbonyl (C=O) groups is 1. The molecule has 2 saturated heterocycles. The van der Waals surface area contributed by atoms with E-state index in [1.807, 2.05) is 6.07 Å². The van der Waals surface area contributed by atoms with Crippen LogP contribution in [0.5, 0.6) is 0 Å². The highest BCUT2D eigenvalue weighted by Crippen LogP contribution is 2.28. The van der Waals surface area contributed by atoms with Gasteiger partial charge in [0.2, 0.25) is 15.9 Å². The average molecular weight is 484 g/mol. The Balaban J connectivity index is 1.17. The zero-order valence-electron chi connectivity index (χ0n) is 19.0. The predicted molar refractivity (Wildman–Crippen MR) is 126 cm³/mol. The Morgan fingerprint density at radius 3 is 2.59 bits per heavy atom. The van der Waals surface area contributed by atoms with E-state index < -0.39 is 10.0 Å².